The van der Waals surface area contributed by atoms with Gasteiger partial charge >= 0.3 is 5.97 Å². The highest BCUT2D eigenvalue weighted by Crippen LogP contribution is 2.38. The first-order chi connectivity index (χ1) is 16.3. The lowest BCUT2D eigenvalue weighted by molar-refractivity contribution is -0.141. The summed E-state index contributed by atoms with van der Waals surface area (Å²) < 4.78 is 10.7. The van der Waals surface area contributed by atoms with Crippen LogP contribution in [0.15, 0.2) is 77.3 Å². The average molecular weight is 500 g/mol. The van der Waals surface area contributed by atoms with Gasteiger partial charge in [0.2, 0.25) is 0 Å². The molecule has 0 saturated carbocycles. The summed E-state index contributed by atoms with van der Waals surface area (Å²) in [5.74, 6) is -0.544. The number of carboxylic acids is 1. The van der Waals surface area contributed by atoms with Crippen LogP contribution in [0.3, 0.4) is 0 Å². The smallest absolute Gasteiger partial charge is 0.326 e. The fourth-order valence-electron chi connectivity index (χ4n) is 3.54. The van der Waals surface area contributed by atoms with Gasteiger partial charge in [-0.05, 0) is 28.8 Å². The van der Waals surface area contributed by atoms with Crippen LogP contribution in [0.4, 0.5) is 0 Å². The summed E-state index contributed by atoms with van der Waals surface area (Å²) in [5.41, 5.74) is 2.84. The Morgan fingerprint density at radius 3 is 1.97 bits per heavy atom. The van der Waals surface area contributed by atoms with Crippen molar-refractivity contribution in [1.82, 2.24) is 5.32 Å². The molecule has 1 amide bonds. The Morgan fingerprint density at radius 2 is 1.47 bits per heavy atom. The summed E-state index contributed by atoms with van der Waals surface area (Å²) in [5, 5.41) is 12.2. The number of aliphatic carboxylic acids is 1. The molecule has 0 radical (unpaired) electrons. The molecule has 34 heavy (non-hydrogen) atoms. The lowest BCUT2D eigenvalue weighted by Crippen LogP contribution is -2.42. The van der Waals surface area contributed by atoms with Crippen molar-refractivity contribution in [3.05, 3.63) is 88.4 Å². The Labute approximate surface area is 207 Å². The van der Waals surface area contributed by atoms with Gasteiger partial charge in [-0.25, -0.2) is 4.79 Å². The minimum Gasteiger partial charge on any atom is -0.496 e. The van der Waals surface area contributed by atoms with Crippen LogP contribution >= 0.6 is 23.2 Å². The molecule has 0 spiro atoms. The number of amides is 1. The Morgan fingerprint density at radius 1 is 0.882 bits per heavy atom. The number of rotatable bonds is 9. The van der Waals surface area contributed by atoms with Crippen LogP contribution in [0.25, 0.3) is 16.7 Å². The third kappa shape index (κ3) is 5.90. The van der Waals surface area contributed by atoms with Gasteiger partial charge in [0.1, 0.15) is 22.0 Å². The Hall–Kier alpha value is -3.48. The van der Waals surface area contributed by atoms with E-state index >= 15 is 0 Å². The number of halogens is 2. The van der Waals surface area contributed by atoms with E-state index in [1.54, 1.807) is 56.7 Å². The molecule has 1 atom stereocenters. The summed E-state index contributed by atoms with van der Waals surface area (Å²) in [7, 11) is 3.16. The zero-order valence-electron chi connectivity index (χ0n) is 18.5. The molecule has 0 aromatic heterocycles. The molecule has 0 heterocycles. The number of methoxy groups -OCH3 is 2. The highest BCUT2D eigenvalue weighted by Gasteiger charge is 2.24. The maximum absolute atomic E-state index is 12.8. The van der Waals surface area contributed by atoms with Gasteiger partial charge in [0, 0.05) is 6.42 Å². The van der Waals surface area contributed by atoms with Gasteiger partial charge < -0.3 is 19.9 Å². The number of benzene rings is 3. The SMILES string of the molecule is COc1cccc(OC)c1-c1ccc(C[C@H](NC(=O)C(=C(Cl)Cl)c2ccccc2)C(=O)O)cc1. The molecule has 0 saturated heterocycles. The Kier molecular flexibility index (Phi) is 8.57. The van der Waals surface area contributed by atoms with Gasteiger partial charge in [0.05, 0.1) is 25.4 Å². The minimum atomic E-state index is -1.19. The van der Waals surface area contributed by atoms with Gasteiger partial charge in [-0.1, -0.05) is 83.9 Å². The maximum atomic E-state index is 12.8. The van der Waals surface area contributed by atoms with Crippen LogP contribution < -0.4 is 14.8 Å². The molecule has 6 nitrogen and oxygen atoms in total. The van der Waals surface area contributed by atoms with E-state index in [2.05, 4.69) is 5.32 Å². The van der Waals surface area contributed by atoms with Crippen molar-refractivity contribution in [3.63, 3.8) is 0 Å². The highest BCUT2D eigenvalue weighted by atomic mass is 35.5. The van der Waals surface area contributed by atoms with Gasteiger partial charge in [-0.15, -0.1) is 0 Å². The fraction of sp³-hybridized carbons (Fsp3) is 0.154. The lowest BCUT2D eigenvalue weighted by atomic mass is 9.99. The van der Waals surface area contributed by atoms with Crippen molar-refractivity contribution in [1.29, 1.82) is 0 Å². The van der Waals surface area contributed by atoms with Crippen LogP contribution in [-0.2, 0) is 16.0 Å². The van der Waals surface area contributed by atoms with E-state index in [1.165, 1.54) is 0 Å². The monoisotopic (exact) mass is 499 g/mol. The fourth-order valence-corrected chi connectivity index (χ4v) is 3.93. The van der Waals surface area contributed by atoms with E-state index in [4.69, 9.17) is 32.7 Å². The van der Waals surface area contributed by atoms with Gasteiger partial charge in [-0.3, -0.25) is 4.79 Å². The molecule has 0 fully saturated rings. The predicted molar refractivity (Wildman–Crippen MR) is 133 cm³/mol. The minimum absolute atomic E-state index is 0.00815. The summed E-state index contributed by atoms with van der Waals surface area (Å²) in [6, 6.07) is 20.2. The second kappa shape index (κ2) is 11.6. The number of carbonyl (C=O) groups excluding carboxylic acids is 1. The highest BCUT2D eigenvalue weighted by molar-refractivity contribution is 6.61. The molecule has 8 heteroatoms. The van der Waals surface area contributed by atoms with Crippen molar-refractivity contribution >= 4 is 40.7 Å². The second-order valence-electron chi connectivity index (χ2n) is 7.30. The zero-order chi connectivity index (χ0) is 24.7. The van der Waals surface area contributed by atoms with Crippen LogP contribution in [0, 0.1) is 0 Å². The van der Waals surface area contributed by atoms with Crippen molar-refractivity contribution in [3.8, 4) is 22.6 Å². The summed E-state index contributed by atoms with van der Waals surface area (Å²) in [6.07, 6.45) is 0.0619. The van der Waals surface area contributed by atoms with E-state index < -0.39 is 17.9 Å². The van der Waals surface area contributed by atoms with Crippen molar-refractivity contribution in [2.24, 2.45) is 0 Å². The van der Waals surface area contributed by atoms with Crippen LogP contribution in [0.5, 0.6) is 11.5 Å². The number of hydrogen-bond donors (Lipinski definition) is 2. The van der Waals surface area contributed by atoms with Gasteiger partial charge in [-0.2, -0.15) is 0 Å². The first kappa shape index (κ1) is 25.1. The summed E-state index contributed by atoms with van der Waals surface area (Å²) >= 11 is 11.9. The molecule has 3 rings (SSSR count). The van der Waals surface area contributed by atoms with Crippen molar-refractivity contribution < 1.29 is 24.2 Å². The zero-order valence-corrected chi connectivity index (χ0v) is 20.1. The molecule has 0 unspecified atom stereocenters. The largest absolute Gasteiger partial charge is 0.496 e. The molecular formula is C26H23Cl2NO5. The standard InChI is InChI=1S/C26H23Cl2NO5/c1-33-20-9-6-10-21(34-2)22(20)18-13-11-16(12-14-18)15-19(26(31)32)29-25(30)23(24(27)28)17-7-4-3-5-8-17/h3-14,19H,15H2,1-2H3,(H,29,30)(H,31,32)/t19-/m0/s1. The normalized spacial score (nSPS) is 11.3. The first-order valence-corrected chi connectivity index (χ1v) is 11.1. The summed E-state index contributed by atoms with van der Waals surface area (Å²) in [6.45, 7) is 0. The van der Waals surface area contributed by atoms with Crippen LogP contribution in [0.1, 0.15) is 11.1 Å². The first-order valence-electron chi connectivity index (χ1n) is 10.3. The molecule has 0 aliphatic heterocycles. The molecule has 2 N–H and O–H groups in total. The third-order valence-electron chi connectivity index (χ3n) is 5.19. The van der Waals surface area contributed by atoms with Crippen molar-refractivity contribution in [2.75, 3.05) is 14.2 Å². The Balaban J connectivity index is 1.82. The number of ether oxygens (including phenoxy) is 2. The third-order valence-corrected chi connectivity index (χ3v) is 5.57. The molecule has 0 aliphatic rings. The molecule has 3 aromatic carbocycles. The van der Waals surface area contributed by atoms with E-state index in [9.17, 15) is 14.7 Å². The topological polar surface area (TPSA) is 84.9 Å². The Bertz CT molecular complexity index is 1170. The average Bonchev–Trinajstić information content (AvgIpc) is 2.84. The van der Waals surface area contributed by atoms with Crippen molar-refractivity contribution in [2.45, 2.75) is 12.5 Å². The quantitative estimate of drug-likeness (QED) is 0.388. The molecular weight excluding hydrogens is 477 g/mol. The van der Waals surface area contributed by atoms with E-state index in [-0.39, 0.29) is 16.5 Å². The van der Waals surface area contributed by atoms with E-state index in [0.717, 1.165) is 11.1 Å². The van der Waals surface area contributed by atoms with Crippen LogP contribution in [0.2, 0.25) is 0 Å². The molecule has 176 valence electrons. The lowest BCUT2D eigenvalue weighted by Gasteiger charge is -2.17. The predicted octanol–water partition coefficient (Wildman–Crippen LogP) is 5.33. The number of carboxylic acid groups (broad SMARTS) is 1. The summed E-state index contributed by atoms with van der Waals surface area (Å²) in [4.78, 5) is 24.7. The number of nitrogens with one attached hydrogen (secondary N) is 1. The molecule has 0 bridgehead atoms. The molecule has 0 aliphatic carbocycles. The van der Waals surface area contributed by atoms with E-state index in [0.29, 0.717) is 22.6 Å². The van der Waals surface area contributed by atoms with Gasteiger partial charge in [0.15, 0.2) is 0 Å². The molecule has 3 aromatic rings. The number of carbonyl (C=O) groups is 2. The van der Waals surface area contributed by atoms with E-state index in [1.807, 2.05) is 30.3 Å². The number of hydrogen-bond acceptors (Lipinski definition) is 4. The van der Waals surface area contributed by atoms with Crippen LogP contribution in [-0.4, -0.2) is 37.2 Å². The van der Waals surface area contributed by atoms with Gasteiger partial charge in [0.25, 0.3) is 5.91 Å². The second-order valence-corrected chi connectivity index (χ2v) is 8.25. The maximum Gasteiger partial charge on any atom is 0.326 e.